The summed E-state index contributed by atoms with van der Waals surface area (Å²) in [5.74, 6) is -0.956. The normalized spacial score (nSPS) is 33.4. The van der Waals surface area contributed by atoms with Crippen LogP contribution in [-0.2, 0) is 9.53 Å². The van der Waals surface area contributed by atoms with Crippen molar-refractivity contribution in [2.45, 2.75) is 31.6 Å². The molecular formula is C6H11NO3. The van der Waals surface area contributed by atoms with Gasteiger partial charge < -0.3 is 15.6 Å². The van der Waals surface area contributed by atoms with Gasteiger partial charge in [0.25, 0.3) is 0 Å². The van der Waals surface area contributed by atoms with Gasteiger partial charge in [-0.15, -0.1) is 0 Å². The zero-order valence-electron chi connectivity index (χ0n) is 5.78. The molecule has 0 radical (unpaired) electrons. The lowest BCUT2D eigenvalue weighted by atomic mass is 10.1. The number of nitrogens with two attached hydrogens (primary N) is 1. The van der Waals surface area contributed by atoms with E-state index in [1.165, 1.54) is 0 Å². The second kappa shape index (κ2) is 2.56. The predicted molar refractivity (Wildman–Crippen MR) is 34.6 cm³/mol. The fourth-order valence-electron chi connectivity index (χ4n) is 0.829. The number of aliphatic carboxylic acids is 1. The first kappa shape index (κ1) is 7.50. The molecule has 1 heterocycles. The molecule has 1 fully saturated rings. The van der Waals surface area contributed by atoms with Gasteiger partial charge in [-0.05, 0) is 6.92 Å². The highest BCUT2D eigenvalue weighted by atomic mass is 16.6. The van der Waals surface area contributed by atoms with Crippen LogP contribution >= 0.6 is 0 Å². The van der Waals surface area contributed by atoms with E-state index in [0.717, 1.165) is 0 Å². The summed E-state index contributed by atoms with van der Waals surface area (Å²) in [5, 5.41) is 8.36. The average molecular weight is 145 g/mol. The summed E-state index contributed by atoms with van der Waals surface area (Å²) in [4.78, 5) is 10.2. The summed E-state index contributed by atoms with van der Waals surface area (Å²) in [5.41, 5.74) is 5.24. The second-order valence-corrected chi connectivity index (χ2v) is 2.56. The molecule has 3 atom stereocenters. The molecule has 58 valence electrons. The molecule has 1 aliphatic rings. The minimum Gasteiger partial charge on any atom is -0.480 e. The molecule has 4 nitrogen and oxygen atoms in total. The van der Waals surface area contributed by atoms with Gasteiger partial charge in [0.2, 0.25) is 0 Å². The van der Waals surface area contributed by atoms with Gasteiger partial charge in [0.1, 0.15) is 6.04 Å². The van der Waals surface area contributed by atoms with Crippen molar-refractivity contribution in [1.29, 1.82) is 0 Å². The fraction of sp³-hybridized carbons (Fsp3) is 0.833. The molecule has 0 unspecified atom stereocenters. The van der Waals surface area contributed by atoms with Gasteiger partial charge in [0, 0.05) is 6.42 Å². The lowest BCUT2D eigenvalue weighted by molar-refractivity contribution is -0.138. The number of hydrogen-bond donors (Lipinski definition) is 2. The second-order valence-electron chi connectivity index (χ2n) is 2.56. The van der Waals surface area contributed by atoms with Crippen LogP contribution in [0.3, 0.4) is 0 Å². The van der Waals surface area contributed by atoms with Crippen molar-refractivity contribution in [2.75, 3.05) is 0 Å². The van der Waals surface area contributed by atoms with E-state index < -0.39 is 12.0 Å². The van der Waals surface area contributed by atoms with Crippen molar-refractivity contribution in [2.24, 2.45) is 5.73 Å². The lowest BCUT2D eigenvalue weighted by Gasteiger charge is -2.01. The Morgan fingerprint density at radius 3 is 2.70 bits per heavy atom. The van der Waals surface area contributed by atoms with E-state index in [9.17, 15) is 4.79 Å². The number of hydrogen-bond acceptors (Lipinski definition) is 3. The third-order valence-corrected chi connectivity index (χ3v) is 1.64. The van der Waals surface area contributed by atoms with E-state index in [1.807, 2.05) is 6.92 Å². The van der Waals surface area contributed by atoms with Gasteiger partial charge in [-0.2, -0.15) is 0 Å². The number of carbonyl (C=O) groups is 1. The Bertz CT molecular complexity index is 148. The minimum atomic E-state index is -0.956. The highest BCUT2D eigenvalue weighted by Crippen LogP contribution is 2.24. The van der Waals surface area contributed by atoms with Crippen LogP contribution < -0.4 is 5.73 Å². The number of ether oxygens (including phenoxy) is 1. The van der Waals surface area contributed by atoms with E-state index >= 15 is 0 Å². The smallest absolute Gasteiger partial charge is 0.320 e. The zero-order valence-corrected chi connectivity index (χ0v) is 5.78. The minimum absolute atomic E-state index is 0.0751. The standard InChI is InChI=1S/C6H11NO3/c1-3-5(10-3)2-4(7)6(8)9/h3-5H,2,7H2,1H3,(H,8,9)/t3-,4+,5+/m1/s1. The van der Waals surface area contributed by atoms with E-state index in [-0.39, 0.29) is 12.2 Å². The Labute approximate surface area is 59.0 Å². The molecule has 0 aromatic heterocycles. The van der Waals surface area contributed by atoms with E-state index in [4.69, 9.17) is 15.6 Å². The first-order chi connectivity index (χ1) is 4.61. The molecule has 1 saturated heterocycles. The van der Waals surface area contributed by atoms with Crippen LogP contribution in [0.2, 0.25) is 0 Å². The van der Waals surface area contributed by atoms with Crippen LogP contribution in [0.4, 0.5) is 0 Å². The quantitative estimate of drug-likeness (QED) is 0.528. The van der Waals surface area contributed by atoms with E-state index in [1.54, 1.807) is 0 Å². The van der Waals surface area contributed by atoms with E-state index in [2.05, 4.69) is 0 Å². The number of carboxylic acid groups (broad SMARTS) is 1. The summed E-state index contributed by atoms with van der Waals surface area (Å²) >= 11 is 0. The van der Waals surface area contributed by atoms with Crippen LogP contribution in [0.5, 0.6) is 0 Å². The molecule has 0 aliphatic carbocycles. The molecule has 1 aliphatic heterocycles. The van der Waals surface area contributed by atoms with Crippen LogP contribution in [0, 0.1) is 0 Å². The molecule has 0 bridgehead atoms. The maximum absolute atomic E-state index is 10.2. The van der Waals surface area contributed by atoms with Gasteiger partial charge in [0.15, 0.2) is 0 Å². The Kier molecular flexibility index (Phi) is 1.92. The first-order valence-corrected chi connectivity index (χ1v) is 3.25. The number of carboxylic acids is 1. The Balaban J connectivity index is 2.19. The molecule has 4 heteroatoms. The molecular weight excluding hydrogens is 134 g/mol. The van der Waals surface area contributed by atoms with Gasteiger partial charge in [-0.3, -0.25) is 4.79 Å². The molecule has 10 heavy (non-hydrogen) atoms. The predicted octanol–water partition coefficient (Wildman–Crippen LogP) is -0.424. The van der Waals surface area contributed by atoms with Crippen molar-refractivity contribution < 1.29 is 14.6 Å². The Morgan fingerprint density at radius 2 is 2.40 bits per heavy atom. The topological polar surface area (TPSA) is 75.8 Å². The van der Waals surface area contributed by atoms with Gasteiger partial charge in [-0.25, -0.2) is 0 Å². The van der Waals surface area contributed by atoms with Crippen LogP contribution in [0.1, 0.15) is 13.3 Å². The molecule has 0 aromatic rings. The van der Waals surface area contributed by atoms with Crippen molar-refractivity contribution in [3.05, 3.63) is 0 Å². The highest BCUT2D eigenvalue weighted by Gasteiger charge is 2.36. The van der Waals surface area contributed by atoms with Gasteiger partial charge >= 0.3 is 5.97 Å². The Hall–Kier alpha value is -0.610. The summed E-state index contributed by atoms with van der Waals surface area (Å²) < 4.78 is 4.99. The van der Waals surface area contributed by atoms with Crippen molar-refractivity contribution >= 4 is 5.97 Å². The first-order valence-electron chi connectivity index (χ1n) is 3.25. The molecule has 0 spiro atoms. The average Bonchev–Trinajstić information content (AvgIpc) is 2.46. The molecule has 1 rings (SSSR count). The van der Waals surface area contributed by atoms with Gasteiger partial charge in [0.05, 0.1) is 12.2 Å². The van der Waals surface area contributed by atoms with Crippen LogP contribution in [0.25, 0.3) is 0 Å². The summed E-state index contributed by atoms with van der Waals surface area (Å²) in [7, 11) is 0. The Morgan fingerprint density at radius 1 is 1.90 bits per heavy atom. The van der Waals surface area contributed by atoms with E-state index in [0.29, 0.717) is 6.42 Å². The van der Waals surface area contributed by atoms with Crippen molar-refractivity contribution in [1.82, 2.24) is 0 Å². The summed E-state index contributed by atoms with van der Waals surface area (Å²) in [6.45, 7) is 1.90. The highest BCUT2D eigenvalue weighted by molar-refractivity contribution is 5.73. The monoisotopic (exact) mass is 145 g/mol. The molecule has 0 amide bonds. The number of rotatable bonds is 3. The molecule has 3 N–H and O–H groups in total. The third-order valence-electron chi connectivity index (χ3n) is 1.64. The van der Waals surface area contributed by atoms with Gasteiger partial charge in [-0.1, -0.05) is 0 Å². The summed E-state index contributed by atoms with van der Waals surface area (Å²) in [6, 6.07) is -0.769. The third kappa shape index (κ3) is 1.68. The molecule has 0 saturated carbocycles. The van der Waals surface area contributed by atoms with Crippen LogP contribution in [-0.4, -0.2) is 29.3 Å². The number of epoxide rings is 1. The summed E-state index contributed by atoms with van der Waals surface area (Å²) in [6.07, 6.45) is 0.702. The van der Waals surface area contributed by atoms with Crippen LogP contribution in [0.15, 0.2) is 0 Å². The van der Waals surface area contributed by atoms with Crippen molar-refractivity contribution in [3.63, 3.8) is 0 Å². The maximum atomic E-state index is 10.2. The fourth-order valence-corrected chi connectivity index (χ4v) is 0.829. The maximum Gasteiger partial charge on any atom is 0.320 e. The van der Waals surface area contributed by atoms with Crippen molar-refractivity contribution in [3.8, 4) is 0 Å². The largest absolute Gasteiger partial charge is 0.480 e. The SMILES string of the molecule is C[C@H]1O[C@H]1C[C@H](N)C(=O)O. The molecule has 0 aromatic carbocycles. The lowest BCUT2D eigenvalue weighted by Crippen LogP contribution is -2.31. The zero-order chi connectivity index (χ0) is 7.72.